The molecule has 0 aromatic carbocycles. The average molecular weight is 276 g/mol. The zero-order chi connectivity index (χ0) is 13.9. The van der Waals surface area contributed by atoms with E-state index in [4.69, 9.17) is 10.6 Å². The number of rotatable bonds is 2. The van der Waals surface area contributed by atoms with Crippen LogP contribution in [-0.2, 0) is 4.74 Å². The number of hydrogen-bond donors (Lipinski definition) is 2. The van der Waals surface area contributed by atoms with Crippen molar-refractivity contribution in [3.05, 3.63) is 24.0 Å². The molecule has 1 aromatic heterocycles. The van der Waals surface area contributed by atoms with Crippen molar-refractivity contribution in [3.8, 4) is 0 Å². The zero-order valence-corrected chi connectivity index (χ0v) is 11.4. The van der Waals surface area contributed by atoms with Crippen LogP contribution in [0.2, 0.25) is 0 Å². The molecule has 108 valence electrons. The second-order valence-electron chi connectivity index (χ2n) is 5.34. The molecule has 1 saturated heterocycles. The SMILES string of the molecule is NNc1ccc(C(=O)N2CCOC3CCCCC32)nc1. The summed E-state index contributed by atoms with van der Waals surface area (Å²) in [6, 6.07) is 3.68. The van der Waals surface area contributed by atoms with Gasteiger partial charge in [-0.3, -0.25) is 10.6 Å². The number of nitrogens with one attached hydrogen (secondary N) is 1. The number of carbonyl (C=O) groups is 1. The predicted octanol–water partition coefficient (Wildman–Crippen LogP) is 1.15. The van der Waals surface area contributed by atoms with Gasteiger partial charge in [-0.2, -0.15) is 0 Å². The van der Waals surface area contributed by atoms with E-state index in [2.05, 4.69) is 10.4 Å². The maximum absolute atomic E-state index is 12.6. The highest BCUT2D eigenvalue weighted by atomic mass is 16.5. The minimum Gasteiger partial charge on any atom is -0.374 e. The van der Waals surface area contributed by atoms with Crippen LogP contribution < -0.4 is 11.3 Å². The fourth-order valence-corrected chi connectivity index (χ4v) is 3.10. The number of nitrogen functional groups attached to an aromatic ring is 1. The highest BCUT2D eigenvalue weighted by molar-refractivity contribution is 5.92. The van der Waals surface area contributed by atoms with Gasteiger partial charge in [-0.05, 0) is 25.0 Å². The monoisotopic (exact) mass is 276 g/mol. The van der Waals surface area contributed by atoms with Gasteiger partial charge in [0.2, 0.25) is 0 Å². The molecule has 2 aliphatic rings. The fourth-order valence-electron chi connectivity index (χ4n) is 3.10. The quantitative estimate of drug-likeness (QED) is 0.625. The highest BCUT2D eigenvalue weighted by Gasteiger charge is 2.37. The molecule has 20 heavy (non-hydrogen) atoms. The van der Waals surface area contributed by atoms with E-state index in [9.17, 15) is 4.79 Å². The summed E-state index contributed by atoms with van der Waals surface area (Å²) in [5.74, 6) is 5.30. The normalized spacial score (nSPS) is 25.9. The summed E-state index contributed by atoms with van der Waals surface area (Å²) < 4.78 is 5.79. The van der Waals surface area contributed by atoms with Gasteiger partial charge in [-0.1, -0.05) is 12.8 Å². The topological polar surface area (TPSA) is 80.5 Å². The van der Waals surface area contributed by atoms with Crippen LogP contribution in [0.4, 0.5) is 5.69 Å². The fraction of sp³-hybridized carbons (Fsp3) is 0.571. The van der Waals surface area contributed by atoms with Crippen molar-refractivity contribution in [2.45, 2.75) is 37.8 Å². The van der Waals surface area contributed by atoms with E-state index in [0.717, 1.165) is 19.3 Å². The van der Waals surface area contributed by atoms with E-state index in [1.807, 2.05) is 4.90 Å². The largest absolute Gasteiger partial charge is 0.374 e. The van der Waals surface area contributed by atoms with Gasteiger partial charge < -0.3 is 15.1 Å². The van der Waals surface area contributed by atoms with Crippen molar-refractivity contribution in [1.29, 1.82) is 0 Å². The highest BCUT2D eigenvalue weighted by Crippen LogP contribution is 2.29. The molecule has 6 heteroatoms. The zero-order valence-electron chi connectivity index (χ0n) is 11.4. The summed E-state index contributed by atoms with van der Waals surface area (Å²) >= 11 is 0. The van der Waals surface area contributed by atoms with Crippen molar-refractivity contribution in [2.24, 2.45) is 5.84 Å². The molecule has 0 radical (unpaired) electrons. The Morgan fingerprint density at radius 3 is 3.00 bits per heavy atom. The van der Waals surface area contributed by atoms with Crippen molar-refractivity contribution in [3.63, 3.8) is 0 Å². The van der Waals surface area contributed by atoms with Gasteiger partial charge in [-0.25, -0.2) is 4.98 Å². The summed E-state index contributed by atoms with van der Waals surface area (Å²) in [7, 11) is 0. The Morgan fingerprint density at radius 1 is 1.40 bits per heavy atom. The standard InChI is InChI=1S/C14H20N4O2/c15-17-10-5-6-11(16-9-10)14(19)18-7-8-20-13-4-2-1-3-12(13)18/h5-6,9,12-13,17H,1-4,7-8,15H2. The molecule has 2 atom stereocenters. The van der Waals surface area contributed by atoms with Gasteiger partial charge in [0.15, 0.2) is 0 Å². The number of amides is 1. The Kier molecular flexibility index (Phi) is 3.84. The van der Waals surface area contributed by atoms with Crippen LogP contribution in [0, 0.1) is 0 Å². The van der Waals surface area contributed by atoms with Gasteiger partial charge in [-0.15, -0.1) is 0 Å². The molecule has 1 amide bonds. The molecule has 6 nitrogen and oxygen atoms in total. The number of hydrazine groups is 1. The van der Waals surface area contributed by atoms with E-state index < -0.39 is 0 Å². The van der Waals surface area contributed by atoms with E-state index in [1.165, 1.54) is 6.42 Å². The molecule has 1 aliphatic heterocycles. The maximum atomic E-state index is 12.6. The van der Waals surface area contributed by atoms with E-state index >= 15 is 0 Å². The molecular formula is C14H20N4O2. The molecule has 1 aromatic rings. The first kappa shape index (κ1) is 13.3. The molecular weight excluding hydrogens is 256 g/mol. The van der Waals surface area contributed by atoms with E-state index in [1.54, 1.807) is 18.3 Å². The third-order valence-corrected chi connectivity index (χ3v) is 4.14. The molecule has 3 rings (SSSR count). The Balaban J connectivity index is 1.77. The van der Waals surface area contributed by atoms with Crippen LogP contribution in [0.3, 0.4) is 0 Å². The first-order chi connectivity index (χ1) is 9.79. The minimum absolute atomic E-state index is 0.00577. The number of anilines is 1. The number of ether oxygens (including phenoxy) is 1. The molecule has 2 fully saturated rings. The van der Waals surface area contributed by atoms with Crippen LogP contribution in [-0.4, -0.2) is 41.1 Å². The smallest absolute Gasteiger partial charge is 0.272 e. The Hall–Kier alpha value is -1.66. The molecule has 2 unspecified atom stereocenters. The van der Waals surface area contributed by atoms with Gasteiger partial charge in [0, 0.05) is 6.54 Å². The lowest BCUT2D eigenvalue weighted by Crippen LogP contribution is -2.54. The van der Waals surface area contributed by atoms with Crippen LogP contribution in [0.15, 0.2) is 18.3 Å². The lowest BCUT2D eigenvalue weighted by Gasteiger charge is -2.43. The lowest BCUT2D eigenvalue weighted by molar-refractivity contribution is -0.0754. The molecule has 0 spiro atoms. The summed E-state index contributed by atoms with van der Waals surface area (Å²) in [5, 5.41) is 0. The maximum Gasteiger partial charge on any atom is 0.272 e. The Morgan fingerprint density at radius 2 is 2.25 bits per heavy atom. The molecule has 3 N–H and O–H groups in total. The number of hydrogen-bond acceptors (Lipinski definition) is 5. The van der Waals surface area contributed by atoms with Crippen LogP contribution in [0.25, 0.3) is 0 Å². The molecule has 1 aliphatic carbocycles. The Labute approximate surface area is 118 Å². The van der Waals surface area contributed by atoms with E-state index in [0.29, 0.717) is 24.5 Å². The van der Waals surface area contributed by atoms with Crippen molar-refractivity contribution in [1.82, 2.24) is 9.88 Å². The number of aromatic nitrogens is 1. The van der Waals surface area contributed by atoms with Gasteiger partial charge in [0.25, 0.3) is 5.91 Å². The first-order valence-electron chi connectivity index (χ1n) is 7.15. The number of morpholine rings is 1. The van der Waals surface area contributed by atoms with Gasteiger partial charge in [0.05, 0.1) is 30.6 Å². The third kappa shape index (κ3) is 2.48. The van der Waals surface area contributed by atoms with Crippen LogP contribution in [0.5, 0.6) is 0 Å². The van der Waals surface area contributed by atoms with Gasteiger partial charge in [0.1, 0.15) is 5.69 Å². The molecule has 0 bridgehead atoms. The van der Waals surface area contributed by atoms with Crippen molar-refractivity contribution in [2.75, 3.05) is 18.6 Å². The number of nitrogens with two attached hydrogens (primary N) is 1. The summed E-state index contributed by atoms with van der Waals surface area (Å²) in [6.07, 6.45) is 6.21. The van der Waals surface area contributed by atoms with Crippen molar-refractivity contribution < 1.29 is 9.53 Å². The van der Waals surface area contributed by atoms with Gasteiger partial charge >= 0.3 is 0 Å². The van der Waals surface area contributed by atoms with Crippen LogP contribution in [0.1, 0.15) is 36.2 Å². The number of fused-ring (bicyclic) bond motifs is 1. The number of pyridine rings is 1. The second-order valence-corrected chi connectivity index (χ2v) is 5.34. The van der Waals surface area contributed by atoms with E-state index in [-0.39, 0.29) is 18.1 Å². The third-order valence-electron chi connectivity index (χ3n) is 4.14. The first-order valence-corrected chi connectivity index (χ1v) is 7.15. The number of nitrogens with zero attached hydrogens (tertiary/aromatic N) is 2. The molecule has 2 heterocycles. The van der Waals surface area contributed by atoms with Crippen molar-refractivity contribution >= 4 is 11.6 Å². The predicted molar refractivity (Wildman–Crippen MR) is 75.1 cm³/mol. The second kappa shape index (κ2) is 5.76. The minimum atomic E-state index is -0.00577. The summed E-state index contributed by atoms with van der Waals surface area (Å²) in [5.41, 5.74) is 3.67. The lowest BCUT2D eigenvalue weighted by atomic mass is 9.90. The molecule has 1 saturated carbocycles. The average Bonchev–Trinajstić information content (AvgIpc) is 2.54. The van der Waals surface area contributed by atoms with Crippen LogP contribution >= 0.6 is 0 Å². The Bertz CT molecular complexity index is 475. The summed E-state index contributed by atoms with van der Waals surface area (Å²) in [6.45, 7) is 1.27. The summed E-state index contributed by atoms with van der Waals surface area (Å²) in [4.78, 5) is 18.7. The number of carbonyl (C=O) groups excluding carboxylic acids is 1.